The zero-order valence-electron chi connectivity index (χ0n) is 8.71. The molecule has 0 unspecified atom stereocenters. The predicted octanol–water partition coefficient (Wildman–Crippen LogP) is 1.40. The van der Waals surface area contributed by atoms with E-state index in [0.29, 0.717) is 12.5 Å². The van der Waals surface area contributed by atoms with Crippen molar-refractivity contribution >= 4 is 5.96 Å². The summed E-state index contributed by atoms with van der Waals surface area (Å²) in [5.74, 6) is 2.21. The van der Waals surface area contributed by atoms with Crippen LogP contribution >= 0.6 is 0 Å². The summed E-state index contributed by atoms with van der Waals surface area (Å²) in [6, 6.07) is 3.83. The first-order valence-corrected chi connectivity index (χ1v) is 4.81. The maximum Gasteiger partial charge on any atom is 0.189 e. The molecule has 1 rings (SSSR count). The van der Waals surface area contributed by atoms with Crippen LogP contribution in [0.25, 0.3) is 0 Å². The second kappa shape index (κ2) is 5.32. The van der Waals surface area contributed by atoms with Crippen molar-refractivity contribution < 1.29 is 4.42 Å². The zero-order chi connectivity index (χ0) is 10.4. The van der Waals surface area contributed by atoms with Crippen LogP contribution < -0.4 is 11.1 Å². The topological polar surface area (TPSA) is 63.5 Å². The fourth-order valence-electron chi connectivity index (χ4n) is 1.04. The Morgan fingerprint density at radius 3 is 2.93 bits per heavy atom. The number of nitrogens with two attached hydrogens (primary N) is 1. The number of aryl methyl sites for hydroxylation is 1. The molecule has 4 heteroatoms. The molecule has 1 heterocycles. The monoisotopic (exact) mass is 195 g/mol. The molecule has 3 N–H and O–H groups in total. The van der Waals surface area contributed by atoms with Gasteiger partial charge in [-0.05, 0) is 25.5 Å². The average Bonchev–Trinajstić information content (AvgIpc) is 2.58. The molecule has 4 nitrogen and oxygen atoms in total. The van der Waals surface area contributed by atoms with E-state index in [-0.39, 0.29) is 0 Å². The fourth-order valence-corrected chi connectivity index (χ4v) is 1.04. The number of hydrogen-bond acceptors (Lipinski definition) is 2. The molecule has 0 aliphatic rings. The van der Waals surface area contributed by atoms with Crippen molar-refractivity contribution in [1.29, 1.82) is 0 Å². The Balaban J connectivity index is 2.38. The lowest BCUT2D eigenvalue weighted by Crippen LogP contribution is -2.32. The molecule has 0 amide bonds. The molecule has 0 aromatic carbocycles. The molecule has 0 aliphatic carbocycles. The van der Waals surface area contributed by atoms with E-state index >= 15 is 0 Å². The van der Waals surface area contributed by atoms with Crippen LogP contribution in [0.3, 0.4) is 0 Å². The van der Waals surface area contributed by atoms with E-state index in [2.05, 4.69) is 17.2 Å². The minimum absolute atomic E-state index is 0.473. The second-order valence-electron chi connectivity index (χ2n) is 3.14. The largest absolute Gasteiger partial charge is 0.464 e. The van der Waals surface area contributed by atoms with E-state index < -0.39 is 0 Å². The van der Waals surface area contributed by atoms with Gasteiger partial charge in [0, 0.05) is 6.54 Å². The molecule has 0 radical (unpaired) electrons. The number of hydrogen-bond donors (Lipinski definition) is 2. The van der Waals surface area contributed by atoms with Gasteiger partial charge in [0.05, 0.1) is 0 Å². The number of guanidine groups is 1. The van der Waals surface area contributed by atoms with Crippen molar-refractivity contribution in [3.63, 3.8) is 0 Å². The van der Waals surface area contributed by atoms with Crippen molar-refractivity contribution in [1.82, 2.24) is 5.32 Å². The van der Waals surface area contributed by atoms with Crippen LogP contribution in [0.1, 0.15) is 24.9 Å². The molecule has 0 atom stereocenters. The lowest BCUT2D eigenvalue weighted by Gasteiger charge is -2.01. The van der Waals surface area contributed by atoms with Crippen LogP contribution in [0.2, 0.25) is 0 Å². The smallest absolute Gasteiger partial charge is 0.189 e. The Hall–Kier alpha value is -1.45. The van der Waals surface area contributed by atoms with Gasteiger partial charge in [-0.2, -0.15) is 0 Å². The van der Waals surface area contributed by atoms with Gasteiger partial charge in [-0.15, -0.1) is 0 Å². The number of nitrogens with zero attached hydrogens (tertiary/aromatic N) is 1. The van der Waals surface area contributed by atoms with Crippen LogP contribution in [0.5, 0.6) is 0 Å². The lowest BCUT2D eigenvalue weighted by atomic mass is 10.4. The molecule has 78 valence electrons. The third-order valence-corrected chi connectivity index (χ3v) is 1.76. The molecule has 0 bridgehead atoms. The minimum Gasteiger partial charge on any atom is -0.464 e. The Kier molecular flexibility index (Phi) is 4.04. The highest BCUT2D eigenvalue weighted by Gasteiger charge is 1.96. The van der Waals surface area contributed by atoms with Crippen molar-refractivity contribution in [3.8, 4) is 0 Å². The first-order valence-electron chi connectivity index (χ1n) is 4.81. The van der Waals surface area contributed by atoms with E-state index in [1.54, 1.807) is 0 Å². The molecule has 0 fully saturated rings. The quantitative estimate of drug-likeness (QED) is 0.564. The molecule has 0 aliphatic heterocycles. The third-order valence-electron chi connectivity index (χ3n) is 1.76. The summed E-state index contributed by atoms with van der Waals surface area (Å²) in [6.07, 6.45) is 1.04. The van der Waals surface area contributed by atoms with E-state index in [0.717, 1.165) is 24.5 Å². The standard InChI is InChI=1S/C10H17N3O/c1-3-6-12-10(11)13-7-9-5-4-8(2)14-9/h4-5H,3,6-7H2,1-2H3,(H3,11,12,13). The van der Waals surface area contributed by atoms with Gasteiger partial charge in [-0.25, -0.2) is 4.99 Å². The van der Waals surface area contributed by atoms with Crippen LogP contribution in [0.4, 0.5) is 0 Å². The summed E-state index contributed by atoms with van der Waals surface area (Å²) in [6.45, 7) is 5.34. The van der Waals surface area contributed by atoms with Gasteiger partial charge >= 0.3 is 0 Å². The van der Waals surface area contributed by atoms with Crippen molar-refractivity contribution in [2.45, 2.75) is 26.8 Å². The second-order valence-corrected chi connectivity index (χ2v) is 3.14. The number of rotatable bonds is 4. The molecular formula is C10H17N3O. The van der Waals surface area contributed by atoms with Crippen LogP contribution in [-0.4, -0.2) is 12.5 Å². The molecule has 0 spiro atoms. The van der Waals surface area contributed by atoms with Crippen LogP contribution in [0, 0.1) is 6.92 Å². The number of furan rings is 1. The normalized spacial score (nSPS) is 11.7. The Labute approximate surface area is 84.2 Å². The first kappa shape index (κ1) is 10.6. The summed E-state index contributed by atoms with van der Waals surface area (Å²) in [5.41, 5.74) is 5.61. The van der Waals surface area contributed by atoms with E-state index in [4.69, 9.17) is 10.2 Å². The van der Waals surface area contributed by atoms with E-state index in [1.807, 2.05) is 19.1 Å². The average molecular weight is 195 g/mol. The fraction of sp³-hybridized carbons (Fsp3) is 0.500. The summed E-state index contributed by atoms with van der Waals surface area (Å²) in [7, 11) is 0. The Morgan fingerprint density at radius 2 is 2.36 bits per heavy atom. The Morgan fingerprint density at radius 1 is 1.57 bits per heavy atom. The van der Waals surface area contributed by atoms with Gasteiger partial charge in [-0.3, -0.25) is 0 Å². The van der Waals surface area contributed by atoms with Gasteiger partial charge in [0.1, 0.15) is 18.1 Å². The molecule has 0 saturated carbocycles. The van der Waals surface area contributed by atoms with Gasteiger partial charge in [-0.1, -0.05) is 6.92 Å². The summed E-state index contributed by atoms with van der Waals surface area (Å²) in [5, 5.41) is 3.00. The van der Waals surface area contributed by atoms with Crippen LogP contribution in [0.15, 0.2) is 21.5 Å². The van der Waals surface area contributed by atoms with Crippen molar-refractivity contribution in [2.24, 2.45) is 10.7 Å². The van der Waals surface area contributed by atoms with Gasteiger partial charge < -0.3 is 15.5 Å². The lowest BCUT2D eigenvalue weighted by molar-refractivity contribution is 0.485. The molecular weight excluding hydrogens is 178 g/mol. The highest BCUT2D eigenvalue weighted by Crippen LogP contribution is 2.06. The molecule has 14 heavy (non-hydrogen) atoms. The molecule has 0 saturated heterocycles. The number of nitrogens with one attached hydrogen (secondary N) is 1. The molecule has 1 aromatic heterocycles. The highest BCUT2D eigenvalue weighted by atomic mass is 16.3. The minimum atomic E-state index is 0.473. The third kappa shape index (κ3) is 3.51. The SMILES string of the molecule is CCCNC(N)=NCc1ccc(C)o1. The maximum atomic E-state index is 5.61. The maximum absolute atomic E-state index is 5.61. The Bertz CT molecular complexity index is 304. The highest BCUT2D eigenvalue weighted by molar-refractivity contribution is 5.77. The van der Waals surface area contributed by atoms with Gasteiger partial charge in [0.25, 0.3) is 0 Å². The molecule has 1 aromatic rings. The van der Waals surface area contributed by atoms with Crippen molar-refractivity contribution in [3.05, 3.63) is 23.7 Å². The van der Waals surface area contributed by atoms with Gasteiger partial charge in [0.2, 0.25) is 0 Å². The summed E-state index contributed by atoms with van der Waals surface area (Å²) < 4.78 is 5.35. The van der Waals surface area contributed by atoms with Crippen molar-refractivity contribution in [2.75, 3.05) is 6.54 Å². The summed E-state index contributed by atoms with van der Waals surface area (Å²) in [4.78, 5) is 4.13. The van der Waals surface area contributed by atoms with Crippen LogP contribution in [-0.2, 0) is 6.54 Å². The zero-order valence-corrected chi connectivity index (χ0v) is 8.71. The predicted molar refractivity (Wildman–Crippen MR) is 57.1 cm³/mol. The van der Waals surface area contributed by atoms with E-state index in [1.165, 1.54) is 0 Å². The summed E-state index contributed by atoms with van der Waals surface area (Å²) >= 11 is 0. The van der Waals surface area contributed by atoms with E-state index in [9.17, 15) is 0 Å². The number of aliphatic imine (C=N–C) groups is 1. The van der Waals surface area contributed by atoms with Gasteiger partial charge in [0.15, 0.2) is 5.96 Å². The first-order chi connectivity index (χ1) is 6.72.